The van der Waals surface area contributed by atoms with Gasteiger partial charge in [-0.2, -0.15) is 0 Å². The zero-order valence-electron chi connectivity index (χ0n) is 9.78. The Morgan fingerprint density at radius 1 is 1.00 bits per heavy atom. The topological polar surface area (TPSA) is 26.3 Å². The van der Waals surface area contributed by atoms with Gasteiger partial charge < -0.3 is 4.74 Å². The van der Waals surface area contributed by atoms with Gasteiger partial charge in [0.25, 0.3) is 0 Å². The van der Waals surface area contributed by atoms with E-state index in [2.05, 4.69) is 16.6 Å². The van der Waals surface area contributed by atoms with E-state index in [0.29, 0.717) is 0 Å². The first-order valence-corrected chi connectivity index (χ1v) is 4.82. The van der Waals surface area contributed by atoms with E-state index in [9.17, 15) is 4.79 Å². The lowest BCUT2D eigenvalue weighted by Gasteiger charge is -1.81. The standard InChI is InChI=1S/C6H6.C5H6O2.C2H6/c1-2-4-6-5-3-1;1-3-4-5(6)7-2;1-2/h1-6H;1-2H3;1-2H3. The highest BCUT2D eigenvalue weighted by atomic mass is 16.5. The lowest BCUT2D eigenvalue weighted by molar-refractivity contribution is -0.133. The number of hydrogen-bond donors (Lipinski definition) is 0. The number of ether oxygens (including phenoxy) is 1. The van der Waals surface area contributed by atoms with Gasteiger partial charge in [0.1, 0.15) is 0 Å². The summed E-state index contributed by atoms with van der Waals surface area (Å²) >= 11 is 0. The molecule has 82 valence electrons. The number of carbonyl (C=O) groups excluding carboxylic acids is 1. The van der Waals surface area contributed by atoms with Crippen LogP contribution in [0.1, 0.15) is 20.8 Å². The summed E-state index contributed by atoms with van der Waals surface area (Å²) in [5, 5.41) is 0. The fourth-order valence-corrected chi connectivity index (χ4v) is 0.538. The van der Waals surface area contributed by atoms with Crippen LogP contribution >= 0.6 is 0 Å². The average molecular weight is 206 g/mol. The van der Waals surface area contributed by atoms with Crippen LogP contribution in [-0.2, 0) is 9.53 Å². The molecule has 0 aromatic heterocycles. The molecule has 1 aromatic rings. The molecule has 0 aliphatic carbocycles. The molecular formula is C13H18O2. The van der Waals surface area contributed by atoms with E-state index in [1.54, 1.807) is 6.92 Å². The largest absolute Gasteiger partial charge is 0.459 e. The minimum absolute atomic E-state index is 0.484. The molecule has 0 aliphatic rings. The van der Waals surface area contributed by atoms with Crippen molar-refractivity contribution in [2.45, 2.75) is 20.8 Å². The van der Waals surface area contributed by atoms with Gasteiger partial charge in [-0.15, -0.1) is 0 Å². The normalized spacial score (nSPS) is 6.40. The van der Waals surface area contributed by atoms with Crippen LogP contribution in [0.3, 0.4) is 0 Å². The zero-order chi connectivity index (χ0) is 11.9. The molecule has 0 saturated carbocycles. The molecule has 2 nitrogen and oxygen atoms in total. The summed E-state index contributed by atoms with van der Waals surface area (Å²) in [7, 11) is 1.30. The second-order valence-corrected chi connectivity index (χ2v) is 2.02. The molecule has 15 heavy (non-hydrogen) atoms. The quantitative estimate of drug-likeness (QED) is 0.370. The molecular weight excluding hydrogens is 188 g/mol. The molecule has 0 amide bonds. The monoisotopic (exact) mass is 206 g/mol. The van der Waals surface area contributed by atoms with E-state index >= 15 is 0 Å². The zero-order valence-corrected chi connectivity index (χ0v) is 9.78. The van der Waals surface area contributed by atoms with E-state index in [1.807, 2.05) is 50.2 Å². The third-order valence-corrected chi connectivity index (χ3v) is 1.08. The third kappa shape index (κ3) is 15.0. The average Bonchev–Trinajstić information content (AvgIpc) is 2.35. The maximum absolute atomic E-state index is 10.0. The first-order chi connectivity index (χ1) is 7.31. The Balaban J connectivity index is 0. The van der Waals surface area contributed by atoms with E-state index in [-0.39, 0.29) is 0 Å². The van der Waals surface area contributed by atoms with Gasteiger partial charge in [0.2, 0.25) is 0 Å². The smallest absolute Gasteiger partial charge is 0.384 e. The summed E-state index contributed by atoms with van der Waals surface area (Å²) < 4.78 is 4.18. The number of methoxy groups -OCH3 is 1. The lowest BCUT2D eigenvalue weighted by atomic mass is 10.4. The van der Waals surface area contributed by atoms with Crippen LogP contribution < -0.4 is 0 Å². The Bertz CT molecular complexity index is 254. The highest BCUT2D eigenvalue weighted by Crippen LogP contribution is 1.79. The highest BCUT2D eigenvalue weighted by Gasteiger charge is 1.84. The number of esters is 1. The van der Waals surface area contributed by atoms with Crippen LogP contribution in [0.2, 0.25) is 0 Å². The van der Waals surface area contributed by atoms with Gasteiger partial charge in [-0.3, -0.25) is 0 Å². The van der Waals surface area contributed by atoms with Gasteiger partial charge in [0.05, 0.1) is 7.11 Å². The predicted octanol–water partition coefficient (Wildman–Crippen LogP) is 2.90. The van der Waals surface area contributed by atoms with Gasteiger partial charge in [-0.1, -0.05) is 56.2 Å². The SMILES string of the molecule is CC.CC#CC(=O)OC.c1ccccc1. The van der Waals surface area contributed by atoms with Crippen molar-refractivity contribution in [3.8, 4) is 11.8 Å². The van der Waals surface area contributed by atoms with Crippen molar-refractivity contribution in [2.75, 3.05) is 7.11 Å². The fourth-order valence-electron chi connectivity index (χ4n) is 0.538. The van der Waals surface area contributed by atoms with Crippen molar-refractivity contribution < 1.29 is 9.53 Å². The number of carbonyl (C=O) groups is 1. The van der Waals surface area contributed by atoms with Crippen molar-refractivity contribution in [2.24, 2.45) is 0 Å². The molecule has 1 aromatic carbocycles. The molecule has 0 atom stereocenters. The van der Waals surface area contributed by atoms with E-state index in [1.165, 1.54) is 7.11 Å². The van der Waals surface area contributed by atoms with Gasteiger partial charge >= 0.3 is 5.97 Å². The molecule has 2 heteroatoms. The summed E-state index contributed by atoms with van der Waals surface area (Å²) in [5.41, 5.74) is 0. The number of hydrogen-bond acceptors (Lipinski definition) is 2. The molecule has 0 bridgehead atoms. The summed E-state index contributed by atoms with van der Waals surface area (Å²) in [5.74, 6) is 4.09. The van der Waals surface area contributed by atoms with Crippen LogP contribution in [0.15, 0.2) is 36.4 Å². The summed E-state index contributed by atoms with van der Waals surface area (Å²) in [6, 6.07) is 12.0. The van der Waals surface area contributed by atoms with Crippen molar-refractivity contribution in [1.82, 2.24) is 0 Å². The van der Waals surface area contributed by atoms with Crippen LogP contribution in [0.4, 0.5) is 0 Å². The predicted molar refractivity (Wildman–Crippen MR) is 63.3 cm³/mol. The fraction of sp³-hybridized carbons (Fsp3) is 0.308. The molecule has 0 saturated heterocycles. The van der Waals surface area contributed by atoms with Crippen LogP contribution in [0.25, 0.3) is 0 Å². The van der Waals surface area contributed by atoms with Gasteiger partial charge in [-0.25, -0.2) is 4.79 Å². The van der Waals surface area contributed by atoms with E-state index in [0.717, 1.165) is 0 Å². The molecule has 0 fully saturated rings. The molecule has 0 unspecified atom stereocenters. The van der Waals surface area contributed by atoms with Gasteiger partial charge in [0, 0.05) is 5.92 Å². The van der Waals surface area contributed by atoms with Crippen molar-refractivity contribution >= 4 is 5.97 Å². The van der Waals surface area contributed by atoms with Crippen molar-refractivity contribution in [1.29, 1.82) is 0 Å². The van der Waals surface area contributed by atoms with Crippen molar-refractivity contribution in [3.63, 3.8) is 0 Å². The Kier molecular flexibility index (Phi) is 15.5. The Morgan fingerprint density at radius 3 is 1.47 bits per heavy atom. The Labute approximate surface area is 92.3 Å². The lowest BCUT2D eigenvalue weighted by Crippen LogP contribution is -1.93. The van der Waals surface area contributed by atoms with Gasteiger partial charge in [0.15, 0.2) is 0 Å². The number of benzene rings is 1. The summed E-state index contributed by atoms with van der Waals surface area (Å²) in [6.07, 6.45) is 0. The van der Waals surface area contributed by atoms with Crippen LogP contribution in [-0.4, -0.2) is 13.1 Å². The second kappa shape index (κ2) is 14.8. The summed E-state index contributed by atoms with van der Waals surface area (Å²) in [6.45, 7) is 5.58. The highest BCUT2D eigenvalue weighted by molar-refractivity contribution is 5.88. The Morgan fingerprint density at radius 2 is 1.33 bits per heavy atom. The van der Waals surface area contributed by atoms with E-state index < -0.39 is 5.97 Å². The molecule has 0 heterocycles. The third-order valence-electron chi connectivity index (χ3n) is 1.08. The minimum atomic E-state index is -0.484. The molecule has 0 aliphatic heterocycles. The summed E-state index contributed by atoms with van der Waals surface area (Å²) in [4.78, 5) is 10.0. The maximum Gasteiger partial charge on any atom is 0.384 e. The maximum atomic E-state index is 10.0. The van der Waals surface area contributed by atoms with Crippen LogP contribution in [0.5, 0.6) is 0 Å². The minimum Gasteiger partial charge on any atom is -0.459 e. The second-order valence-electron chi connectivity index (χ2n) is 2.02. The molecule has 0 radical (unpaired) electrons. The van der Waals surface area contributed by atoms with Crippen molar-refractivity contribution in [3.05, 3.63) is 36.4 Å². The van der Waals surface area contributed by atoms with Crippen LogP contribution in [0, 0.1) is 11.8 Å². The first kappa shape index (κ1) is 15.7. The van der Waals surface area contributed by atoms with Gasteiger partial charge in [-0.05, 0) is 6.92 Å². The first-order valence-electron chi connectivity index (χ1n) is 4.82. The van der Waals surface area contributed by atoms with E-state index in [4.69, 9.17) is 0 Å². The molecule has 1 rings (SSSR count). The number of rotatable bonds is 0. The molecule has 0 spiro atoms. The Hall–Kier alpha value is -1.75. The molecule has 0 N–H and O–H groups in total.